The quantitative estimate of drug-likeness (QED) is 0.130. The van der Waals surface area contributed by atoms with Crippen LogP contribution in [0.25, 0.3) is 22.2 Å². The van der Waals surface area contributed by atoms with E-state index in [-0.39, 0.29) is 31.7 Å². The molecule has 2 aliphatic rings. The molecule has 3 aromatic rings. The Labute approximate surface area is 322 Å². The van der Waals surface area contributed by atoms with Crippen LogP contribution in [0.3, 0.4) is 0 Å². The van der Waals surface area contributed by atoms with Gasteiger partial charge in [0, 0.05) is 23.1 Å². The summed E-state index contributed by atoms with van der Waals surface area (Å²) in [6.07, 6.45) is 5.84. The smallest absolute Gasteiger partial charge is 0.326 e. The number of ether oxygens (including phenoxy) is 3. The van der Waals surface area contributed by atoms with Gasteiger partial charge in [0.15, 0.2) is 0 Å². The first-order chi connectivity index (χ1) is 26.5. The second-order valence-corrected chi connectivity index (χ2v) is 15.0. The van der Waals surface area contributed by atoms with E-state index in [1.165, 1.54) is 6.42 Å². The van der Waals surface area contributed by atoms with Gasteiger partial charge in [-0.1, -0.05) is 76.8 Å². The molecule has 13 nitrogen and oxygen atoms in total. The number of carboxylic acids is 1. The summed E-state index contributed by atoms with van der Waals surface area (Å²) < 4.78 is 17.5. The Kier molecular flexibility index (Phi) is 14.5. The molecule has 0 unspecified atom stereocenters. The van der Waals surface area contributed by atoms with E-state index in [1.54, 1.807) is 27.0 Å². The van der Waals surface area contributed by atoms with Crippen LogP contribution < -0.4 is 25.4 Å². The first-order valence-electron chi connectivity index (χ1n) is 19.4. The van der Waals surface area contributed by atoms with E-state index in [4.69, 9.17) is 19.2 Å². The van der Waals surface area contributed by atoms with Crippen LogP contribution in [0.15, 0.2) is 54.6 Å². The number of hydrogen-bond donors (Lipinski definition) is 4. The third-order valence-electron chi connectivity index (χ3n) is 10.6. The first kappa shape index (κ1) is 41.0. The number of aliphatic carboxylic acids is 1. The molecule has 0 radical (unpaired) electrons. The fraction of sp³-hybridized carbons (Fsp3) is 0.524. The molecule has 5 rings (SSSR count). The summed E-state index contributed by atoms with van der Waals surface area (Å²) >= 11 is 0. The highest BCUT2D eigenvalue weighted by Crippen LogP contribution is 2.39. The zero-order valence-corrected chi connectivity index (χ0v) is 32.2. The number of rotatable bonds is 17. The van der Waals surface area contributed by atoms with Crippen LogP contribution in [0.4, 0.5) is 0 Å². The van der Waals surface area contributed by atoms with Crippen LogP contribution in [-0.2, 0) is 28.7 Å². The SMILES string of the molecule is CCC[C@H](NC(=O)[C@@H]1C[C@@H](Oc2cc(-c3ccccc3)nc3cc(OC)ccc23)C[C@H]1C(=O)N[C@H](C(=O)NCC(=O)OCC1CCCCC1)C(C)C)C(=O)O. The van der Waals surface area contributed by atoms with Crippen molar-refractivity contribution in [3.8, 4) is 22.8 Å². The van der Waals surface area contributed by atoms with Crippen LogP contribution in [0.5, 0.6) is 11.5 Å². The zero-order chi connectivity index (χ0) is 39.5. The van der Waals surface area contributed by atoms with Gasteiger partial charge in [-0.05, 0) is 56.1 Å². The number of carboxylic acid groups (broad SMARTS) is 1. The normalized spacial score (nSPS) is 19.6. The predicted octanol–water partition coefficient (Wildman–Crippen LogP) is 5.43. The van der Waals surface area contributed by atoms with E-state index in [0.717, 1.165) is 31.2 Å². The van der Waals surface area contributed by atoms with Crippen LogP contribution >= 0.6 is 0 Å². The number of carbonyl (C=O) groups excluding carboxylic acids is 4. The Bertz CT molecular complexity index is 1810. The van der Waals surface area contributed by atoms with Crippen molar-refractivity contribution in [1.29, 1.82) is 0 Å². The fourth-order valence-electron chi connectivity index (χ4n) is 7.51. The maximum atomic E-state index is 14.1. The van der Waals surface area contributed by atoms with Gasteiger partial charge in [-0.15, -0.1) is 0 Å². The highest BCUT2D eigenvalue weighted by Gasteiger charge is 2.45. The highest BCUT2D eigenvalue weighted by atomic mass is 16.5. The van der Waals surface area contributed by atoms with Gasteiger partial charge in [-0.2, -0.15) is 0 Å². The van der Waals surface area contributed by atoms with E-state index < -0.39 is 59.7 Å². The van der Waals surface area contributed by atoms with Crippen molar-refractivity contribution < 1.29 is 43.3 Å². The molecule has 1 aromatic heterocycles. The summed E-state index contributed by atoms with van der Waals surface area (Å²) in [5.41, 5.74) is 2.15. The Balaban J connectivity index is 1.35. The van der Waals surface area contributed by atoms with Crippen molar-refractivity contribution in [3.05, 3.63) is 54.6 Å². The number of benzene rings is 2. The molecule has 2 aliphatic carbocycles. The summed E-state index contributed by atoms with van der Waals surface area (Å²) in [5.74, 6) is -4.18. The van der Waals surface area contributed by atoms with Gasteiger partial charge in [-0.25, -0.2) is 9.78 Å². The number of methoxy groups -OCH3 is 1. The molecule has 4 N–H and O–H groups in total. The van der Waals surface area contributed by atoms with Crippen molar-refractivity contribution in [2.45, 2.75) is 96.7 Å². The lowest BCUT2D eigenvalue weighted by molar-refractivity contribution is -0.146. The van der Waals surface area contributed by atoms with Crippen molar-refractivity contribution in [3.63, 3.8) is 0 Å². The molecule has 5 atom stereocenters. The number of pyridine rings is 1. The molecular weight excluding hydrogens is 704 g/mol. The summed E-state index contributed by atoms with van der Waals surface area (Å²) in [7, 11) is 1.57. The molecule has 55 heavy (non-hydrogen) atoms. The Morgan fingerprint density at radius 2 is 1.60 bits per heavy atom. The third-order valence-corrected chi connectivity index (χ3v) is 10.6. The number of hydrogen-bond acceptors (Lipinski definition) is 9. The standard InChI is InChI=1S/C42H54N4O9/c1-5-12-33(42(51)52)45-39(48)31-19-29(55-36-22-34(27-15-10-7-11-16-27)44-35-21-28(53-4)17-18-30(35)36)20-32(31)40(49)46-38(25(2)3)41(50)43-23-37(47)54-24-26-13-8-6-9-14-26/h7,10-11,15-18,21-22,25-26,29,31-33,38H,5-6,8-9,12-14,19-20,23-24H2,1-4H3,(H,43,50)(H,45,48)(H,46,49)(H,51,52)/t29-,31-,32-,33+,38+/m1/s1. The summed E-state index contributed by atoms with van der Waals surface area (Å²) in [6.45, 7) is 5.36. The molecule has 2 fully saturated rings. The molecule has 0 aliphatic heterocycles. The first-order valence-corrected chi connectivity index (χ1v) is 19.4. The average Bonchev–Trinajstić information content (AvgIpc) is 3.62. The van der Waals surface area contributed by atoms with Crippen LogP contribution in [0, 0.1) is 23.7 Å². The van der Waals surface area contributed by atoms with Crippen molar-refractivity contribution in [2.75, 3.05) is 20.3 Å². The number of carbonyl (C=O) groups is 5. The Hall–Kier alpha value is -5.20. The predicted molar refractivity (Wildman–Crippen MR) is 206 cm³/mol. The number of esters is 1. The number of aromatic nitrogens is 1. The second-order valence-electron chi connectivity index (χ2n) is 15.0. The van der Waals surface area contributed by atoms with Crippen LogP contribution in [0.2, 0.25) is 0 Å². The minimum absolute atomic E-state index is 0.119. The van der Waals surface area contributed by atoms with Gasteiger partial charge in [-0.3, -0.25) is 19.2 Å². The molecule has 2 aromatic carbocycles. The maximum Gasteiger partial charge on any atom is 0.326 e. The lowest BCUT2D eigenvalue weighted by Gasteiger charge is -2.26. The summed E-state index contributed by atoms with van der Waals surface area (Å²) in [4.78, 5) is 70.6. The Morgan fingerprint density at radius 3 is 2.24 bits per heavy atom. The monoisotopic (exact) mass is 758 g/mol. The van der Waals surface area contributed by atoms with Gasteiger partial charge >= 0.3 is 11.9 Å². The van der Waals surface area contributed by atoms with Gasteiger partial charge in [0.2, 0.25) is 17.7 Å². The zero-order valence-electron chi connectivity index (χ0n) is 32.2. The molecule has 3 amide bonds. The fourth-order valence-corrected chi connectivity index (χ4v) is 7.51. The number of fused-ring (bicyclic) bond motifs is 1. The lowest BCUT2D eigenvalue weighted by atomic mass is 9.90. The molecule has 0 bridgehead atoms. The highest BCUT2D eigenvalue weighted by molar-refractivity contribution is 5.94. The van der Waals surface area contributed by atoms with Gasteiger partial charge in [0.1, 0.15) is 36.2 Å². The summed E-state index contributed by atoms with van der Waals surface area (Å²) in [5, 5.41) is 18.6. The van der Waals surface area contributed by atoms with Crippen molar-refractivity contribution in [1.82, 2.24) is 20.9 Å². The second kappa shape index (κ2) is 19.4. The topological polar surface area (TPSA) is 182 Å². The molecule has 1 heterocycles. The number of amides is 3. The van der Waals surface area contributed by atoms with E-state index >= 15 is 0 Å². The maximum absolute atomic E-state index is 14.1. The lowest BCUT2D eigenvalue weighted by Crippen LogP contribution is -2.53. The van der Waals surface area contributed by atoms with E-state index in [0.29, 0.717) is 47.0 Å². The molecule has 0 spiro atoms. The van der Waals surface area contributed by atoms with E-state index in [1.807, 2.05) is 55.5 Å². The van der Waals surface area contributed by atoms with E-state index in [9.17, 15) is 29.1 Å². The largest absolute Gasteiger partial charge is 0.497 e. The van der Waals surface area contributed by atoms with Gasteiger partial charge < -0.3 is 35.3 Å². The van der Waals surface area contributed by atoms with Crippen molar-refractivity contribution in [2.24, 2.45) is 23.7 Å². The molecule has 2 saturated carbocycles. The number of nitrogens with zero attached hydrogens (tertiary/aromatic N) is 1. The molecule has 0 saturated heterocycles. The Morgan fingerprint density at radius 1 is 0.909 bits per heavy atom. The minimum atomic E-state index is -1.16. The summed E-state index contributed by atoms with van der Waals surface area (Å²) in [6, 6.07) is 14.7. The van der Waals surface area contributed by atoms with E-state index in [2.05, 4.69) is 16.0 Å². The third kappa shape index (κ3) is 10.9. The molecular formula is C42H54N4O9. The number of nitrogens with one attached hydrogen (secondary N) is 3. The minimum Gasteiger partial charge on any atom is -0.497 e. The van der Waals surface area contributed by atoms with Gasteiger partial charge in [0.25, 0.3) is 0 Å². The van der Waals surface area contributed by atoms with Crippen molar-refractivity contribution >= 4 is 40.6 Å². The molecule has 13 heteroatoms. The van der Waals surface area contributed by atoms with Crippen LogP contribution in [0.1, 0.15) is 78.6 Å². The van der Waals surface area contributed by atoms with Crippen LogP contribution in [-0.4, -0.2) is 78.2 Å². The molecule has 296 valence electrons. The average molecular weight is 759 g/mol. The van der Waals surface area contributed by atoms with Gasteiger partial charge in [0.05, 0.1) is 36.8 Å².